The van der Waals surface area contributed by atoms with Crippen LogP contribution < -0.4 is 4.90 Å². The smallest absolute Gasteiger partial charge is 0.134 e. The van der Waals surface area contributed by atoms with E-state index in [1.807, 2.05) is 24.9 Å². The van der Waals surface area contributed by atoms with E-state index in [4.69, 9.17) is 11.6 Å². The van der Waals surface area contributed by atoms with Gasteiger partial charge in [-0.15, -0.1) is 0 Å². The van der Waals surface area contributed by atoms with Crippen molar-refractivity contribution < 1.29 is 4.39 Å². The molecule has 0 aliphatic carbocycles. The fourth-order valence-electron chi connectivity index (χ4n) is 2.19. The standard InChI is InChI=1S/C16H19ClFN3/c1-4-7-15-19-14(17)10-16(20-15)21(3)11(2)12-8-5-6-9-13(12)18/h5-6,8-11H,4,7H2,1-3H3. The van der Waals surface area contributed by atoms with E-state index in [0.29, 0.717) is 22.4 Å². The maximum atomic E-state index is 13.9. The van der Waals surface area contributed by atoms with Crippen molar-refractivity contribution >= 4 is 17.4 Å². The Morgan fingerprint density at radius 2 is 2.00 bits per heavy atom. The average molecular weight is 308 g/mol. The maximum Gasteiger partial charge on any atom is 0.134 e. The Morgan fingerprint density at radius 1 is 1.29 bits per heavy atom. The van der Waals surface area contributed by atoms with Gasteiger partial charge < -0.3 is 4.90 Å². The van der Waals surface area contributed by atoms with E-state index in [9.17, 15) is 4.39 Å². The van der Waals surface area contributed by atoms with Crippen LogP contribution in [-0.2, 0) is 6.42 Å². The summed E-state index contributed by atoms with van der Waals surface area (Å²) >= 11 is 6.06. The number of hydrogen-bond acceptors (Lipinski definition) is 3. The van der Waals surface area contributed by atoms with E-state index in [0.717, 1.165) is 12.8 Å². The fourth-order valence-corrected chi connectivity index (χ4v) is 2.38. The minimum atomic E-state index is -0.217. The van der Waals surface area contributed by atoms with Gasteiger partial charge in [0.05, 0.1) is 6.04 Å². The van der Waals surface area contributed by atoms with Crippen LogP contribution in [0.2, 0.25) is 5.15 Å². The van der Waals surface area contributed by atoms with Gasteiger partial charge in [-0.2, -0.15) is 0 Å². The largest absolute Gasteiger partial charge is 0.353 e. The normalized spacial score (nSPS) is 12.2. The third-order valence-electron chi connectivity index (χ3n) is 3.50. The summed E-state index contributed by atoms with van der Waals surface area (Å²) in [5, 5.41) is 0.413. The molecule has 0 saturated heterocycles. The molecule has 0 radical (unpaired) electrons. The molecule has 2 rings (SSSR count). The van der Waals surface area contributed by atoms with Gasteiger partial charge in [-0.05, 0) is 19.4 Å². The Hall–Kier alpha value is -1.68. The first-order chi connectivity index (χ1) is 10.0. The molecule has 0 aliphatic rings. The summed E-state index contributed by atoms with van der Waals surface area (Å²) in [7, 11) is 1.88. The molecule has 1 unspecified atom stereocenters. The summed E-state index contributed by atoms with van der Waals surface area (Å²) in [5.74, 6) is 1.20. The quantitative estimate of drug-likeness (QED) is 0.766. The monoisotopic (exact) mass is 307 g/mol. The maximum absolute atomic E-state index is 13.9. The van der Waals surface area contributed by atoms with Gasteiger partial charge in [0.1, 0.15) is 22.6 Å². The number of rotatable bonds is 5. The van der Waals surface area contributed by atoms with Gasteiger partial charge in [0.15, 0.2) is 0 Å². The Morgan fingerprint density at radius 3 is 2.67 bits per heavy atom. The SMILES string of the molecule is CCCc1nc(Cl)cc(N(C)C(C)c2ccccc2F)n1. The molecule has 0 fully saturated rings. The minimum Gasteiger partial charge on any atom is -0.353 e. The van der Waals surface area contributed by atoms with Gasteiger partial charge in [-0.3, -0.25) is 0 Å². The molecule has 0 spiro atoms. The average Bonchev–Trinajstić information content (AvgIpc) is 2.46. The lowest BCUT2D eigenvalue weighted by Gasteiger charge is -2.27. The third kappa shape index (κ3) is 3.70. The predicted molar refractivity (Wildman–Crippen MR) is 84.3 cm³/mol. The van der Waals surface area contributed by atoms with Crippen LogP contribution in [0.25, 0.3) is 0 Å². The molecule has 112 valence electrons. The van der Waals surface area contributed by atoms with E-state index in [-0.39, 0.29) is 11.9 Å². The minimum absolute atomic E-state index is 0.147. The lowest BCUT2D eigenvalue weighted by molar-refractivity contribution is 0.583. The van der Waals surface area contributed by atoms with Crippen molar-refractivity contribution in [2.24, 2.45) is 0 Å². The van der Waals surface area contributed by atoms with Crippen LogP contribution in [0.4, 0.5) is 10.2 Å². The molecule has 2 aromatic rings. The number of aryl methyl sites for hydroxylation is 1. The number of aromatic nitrogens is 2. The summed E-state index contributed by atoms with van der Waals surface area (Å²) in [4.78, 5) is 10.6. The molecular formula is C16H19ClFN3. The van der Waals surface area contributed by atoms with Gasteiger partial charge in [-0.25, -0.2) is 14.4 Å². The van der Waals surface area contributed by atoms with Crippen molar-refractivity contribution in [1.82, 2.24) is 9.97 Å². The Labute approximate surface area is 129 Å². The molecule has 0 N–H and O–H groups in total. The van der Waals surface area contributed by atoms with E-state index < -0.39 is 0 Å². The summed E-state index contributed by atoms with van der Waals surface area (Å²) in [6.45, 7) is 4.00. The Kier molecular flexibility index (Phi) is 5.12. The van der Waals surface area contributed by atoms with Crippen molar-refractivity contribution in [3.8, 4) is 0 Å². The first-order valence-electron chi connectivity index (χ1n) is 7.03. The van der Waals surface area contributed by atoms with Gasteiger partial charge in [-0.1, -0.05) is 36.7 Å². The zero-order valence-electron chi connectivity index (χ0n) is 12.5. The van der Waals surface area contributed by atoms with Crippen LogP contribution in [0.15, 0.2) is 30.3 Å². The first kappa shape index (κ1) is 15.7. The van der Waals surface area contributed by atoms with Crippen LogP contribution in [0, 0.1) is 5.82 Å². The molecule has 1 aromatic heterocycles. The molecule has 5 heteroatoms. The summed E-state index contributed by atoms with van der Waals surface area (Å²) < 4.78 is 13.9. The summed E-state index contributed by atoms with van der Waals surface area (Å²) in [6.07, 6.45) is 1.72. The molecule has 0 aliphatic heterocycles. The predicted octanol–water partition coefficient (Wildman–Crippen LogP) is 4.42. The van der Waals surface area contributed by atoms with E-state index >= 15 is 0 Å². The second kappa shape index (κ2) is 6.85. The highest BCUT2D eigenvalue weighted by Crippen LogP contribution is 2.27. The summed E-state index contributed by atoms with van der Waals surface area (Å²) in [5.41, 5.74) is 0.631. The molecule has 1 aromatic carbocycles. The molecule has 3 nitrogen and oxygen atoms in total. The Balaban J connectivity index is 2.31. The lowest BCUT2D eigenvalue weighted by Crippen LogP contribution is -2.24. The third-order valence-corrected chi connectivity index (χ3v) is 3.69. The highest BCUT2D eigenvalue weighted by Gasteiger charge is 2.17. The van der Waals surface area contributed by atoms with Crippen LogP contribution in [0.1, 0.15) is 37.7 Å². The molecule has 0 saturated carbocycles. The molecule has 0 amide bonds. The van der Waals surface area contributed by atoms with Crippen LogP contribution in [0.5, 0.6) is 0 Å². The highest BCUT2D eigenvalue weighted by molar-refractivity contribution is 6.29. The molecule has 0 bridgehead atoms. The van der Waals surface area contributed by atoms with Crippen LogP contribution >= 0.6 is 11.6 Å². The van der Waals surface area contributed by atoms with Crippen molar-refractivity contribution in [3.05, 3.63) is 52.7 Å². The Bertz CT molecular complexity index is 618. The van der Waals surface area contributed by atoms with Gasteiger partial charge in [0.2, 0.25) is 0 Å². The molecular weight excluding hydrogens is 289 g/mol. The van der Waals surface area contributed by atoms with E-state index in [1.54, 1.807) is 18.2 Å². The second-order valence-electron chi connectivity index (χ2n) is 5.02. The molecule has 1 heterocycles. The number of hydrogen-bond donors (Lipinski definition) is 0. The number of benzene rings is 1. The zero-order chi connectivity index (χ0) is 15.4. The van der Waals surface area contributed by atoms with E-state index in [2.05, 4.69) is 16.9 Å². The number of nitrogens with zero attached hydrogens (tertiary/aromatic N) is 3. The topological polar surface area (TPSA) is 29.0 Å². The number of anilines is 1. The second-order valence-corrected chi connectivity index (χ2v) is 5.41. The van der Waals surface area contributed by atoms with Gasteiger partial charge in [0.25, 0.3) is 0 Å². The van der Waals surface area contributed by atoms with Crippen LogP contribution in [0.3, 0.4) is 0 Å². The van der Waals surface area contributed by atoms with Crippen molar-refractivity contribution in [2.75, 3.05) is 11.9 Å². The van der Waals surface area contributed by atoms with Crippen molar-refractivity contribution in [1.29, 1.82) is 0 Å². The first-order valence-corrected chi connectivity index (χ1v) is 7.41. The zero-order valence-corrected chi connectivity index (χ0v) is 13.2. The molecule has 21 heavy (non-hydrogen) atoms. The lowest BCUT2D eigenvalue weighted by atomic mass is 10.1. The van der Waals surface area contributed by atoms with Crippen molar-refractivity contribution in [2.45, 2.75) is 32.7 Å². The molecule has 1 atom stereocenters. The fraction of sp³-hybridized carbons (Fsp3) is 0.375. The van der Waals surface area contributed by atoms with Crippen molar-refractivity contribution in [3.63, 3.8) is 0 Å². The highest BCUT2D eigenvalue weighted by atomic mass is 35.5. The summed E-state index contributed by atoms with van der Waals surface area (Å²) in [6, 6.07) is 8.33. The van der Waals surface area contributed by atoms with Gasteiger partial charge in [0, 0.05) is 25.1 Å². The van der Waals surface area contributed by atoms with Gasteiger partial charge >= 0.3 is 0 Å². The van der Waals surface area contributed by atoms with E-state index in [1.165, 1.54) is 6.07 Å². The number of halogens is 2. The van der Waals surface area contributed by atoms with Crippen LogP contribution in [-0.4, -0.2) is 17.0 Å².